The first kappa shape index (κ1) is 26.2. The van der Waals surface area contributed by atoms with Crippen molar-refractivity contribution in [3.05, 3.63) is 59.7 Å². The number of rotatable bonds is 8. The molecule has 0 saturated heterocycles. The van der Waals surface area contributed by atoms with Crippen LogP contribution in [0.1, 0.15) is 56.6 Å². The average Bonchev–Trinajstić information content (AvgIpc) is 2.73. The standard InChI is InChI=1S/C24H32N2O4S.ClH/c1-18-10-6-9-15-23(18)31(29,30)26(24(27)28)22-14-8-7-13-21(22)17-25-19(2)16-20-11-4-3-5-12-20;/h6-10,13-15,19-20,25H,3-5,11-12,16-17H2,1-2H3,(H,27,28);1H/t19-;/m0./s1. The molecule has 8 heteroatoms. The molecule has 2 aromatic rings. The lowest BCUT2D eigenvalue weighted by molar-refractivity contribution is 0.206. The van der Waals surface area contributed by atoms with Gasteiger partial charge in [0.2, 0.25) is 0 Å². The van der Waals surface area contributed by atoms with Crippen LogP contribution >= 0.6 is 12.4 Å². The highest BCUT2D eigenvalue weighted by molar-refractivity contribution is 7.93. The van der Waals surface area contributed by atoms with Gasteiger partial charge in [0.15, 0.2) is 0 Å². The fourth-order valence-corrected chi connectivity index (χ4v) is 5.99. The van der Waals surface area contributed by atoms with E-state index in [1.807, 2.05) is 0 Å². The van der Waals surface area contributed by atoms with E-state index in [0.717, 1.165) is 12.3 Å². The van der Waals surface area contributed by atoms with E-state index >= 15 is 0 Å². The lowest BCUT2D eigenvalue weighted by Crippen LogP contribution is -2.37. The number of halogens is 1. The van der Waals surface area contributed by atoms with Crippen molar-refractivity contribution in [3.8, 4) is 0 Å². The topological polar surface area (TPSA) is 86.7 Å². The molecule has 0 aliphatic heterocycles. The average molecular weight is 481 g/mol. The van der Waals surface area contributed by atoms with Crippen LogP contribution in [-0.4, -0.2) is 25.7 Å². The molecule has 1 aliphatic carbocycles. The second kappa shape index (κ2) is 11.7. The van der Waals surface area contributed by atoms with Crippen molar-refractivity contribution in [2.45, 2.75) is 69.9 Å². The van der Waals surface area contributed by atoms with Gasteiger partial charge in [-0.1, -0.05) is 68.5 Å². The second-order valence-electron chi connectivity index (χ2n) is 8.47. The number of para-hydroxylation sites is 1. The van der Waals surface area contributed by atoms with Gasteiger partial charge in [-0.15, -0.1) is 12.4 Å². The molecule has 1 atom stereocenters. The molecular weight excluding hydrogens is 448 g/mol. The molecule has 1 aliphatic rings. The fourth-order valence-electron chi connectivity index (χ4n) is 4.43. The van der Waals surface area contributed by atoms with Crippen LogP contribution in [0.2, 0.25) is 0 Å². The van der Waals surface area contributed by atoms with Crippen molar-refractivity contribution in [2.75, 3.05) is 4.31 Å². The Labute approximate surface area is 197 Å². The van der Waals surface area contributed by atoms with Gasteiger partial charge in [-0.05, 0) is 49.4 Å². The predicted molar refractivity (Wildman–Crippen MR) is 130 cm³/mol. The summed E-state index contributed by atoms with van der Waals surface area (Å²) in [6.07, 6.45) is 6.01. The Morgan fingerprint density at radius 1 is 1.09 bits per heavy atom. The molecule has 0 aromatic heterocycles. The third-order valence-corrected chi connectivity index (χ3v) is 7.90. The number of amides is 1. The van der Waals surface area contributed by atoms with E-state index < -0.39 is 16.1 Å². The number of hydrogen-bond acceptors (Lipinski definition) is 4. The summed E-state index contributed by atoms with van der Waals surface area (Å²) in [7, 11) is -4.26. The molecule has 2 aromatic carbocycles. The number of nitrogens with one attached hydrogen (secondary N) is 1. The lowest BCUT2D eigenvalue weighted by Gasteiger charge is -2.26. The number of carbonyl (C=O) groups is 1. The lowest BCUT2D eigenvalue weighted by atomic mass is 9.85. The van der Waals surface area contributed by atoms with Gasteiger partial charge in [-0.25, -0.2) is 13.2 Å². The van der Waals surface area contributed by atoms with E-state index in [1.165, 1.54) is 38.2 Å². The zero-order chi connectivity index (χ0) is 22.4. The van der Waals surface area contributed by atoms with Crippen LogP contribution in [-0.2, 0) is 16.6 Å². The maximum atomic E-state index is 13.3. The summed E-state index contributed by atoms with van der Waals surface area (Å²) >= 11 is 0. The number of nitrogens with zero attached hydrogens (tertiary/aromatic N) is 1. The summed E-state index contributed by atoms with van der Waals surface area (Å²) in [5.41, 5.74) is 1.30. The van der Waals surface area contributed by atoms with Gasteiger partial charge in [0, 0.05) is 12.6 Å². The summed E-state index contributed by atoms with van der Waals surface area (Å²) in [6, 6.07) is 13.5. The van der Waals surface area contributed by atoms with E-state index in [-0.39, 0.29) is 29.0 Å². The van der Waals surface area contributed by atoms with Gasteiger partial charge in [0.25, 0.3) is 10.0 Å². The minimum atomic E-state index is -4.26. The summed E-state index contributed by atoms with van der Waals surface area (Å²) in [5.74, 6) is 0.725. The zero-order valence-corrected chi connectivity index (χ0v) is 20.3. The third-order valence-electron chi connectivity index (χ3n) is 6.05. The number of aryl methyl sites for hydroxylation is 1. The van der Waals surface area contributed by atoms with Gasteiger partial charge < -0.3 is 10.4 Å². The van der Waals surface area contributed by atoms with Crippen LogP contribution in [0.15, 0.2) is 53.4 Å². The Kier molecular flexibility index (Phi) is 9.55. The van der Waals surface area contributed by atoms with Gasteiger partial charge in [-0.2, -0.15) is 4.31 Å². The first-order chi connectivity index (χ1) is 14.8. The molecule has 6 nitrogen and oxygen atoms in total. The van der Waals surface area contributed by atoms with Crippen molar-refractivity contribution >= 4 is 34.2 Å². The molecule has 0 radical (unpaired) electrons. The van der Waals surface area contributed by atoms with Gasteiger partial charge in [0.1, 0.15) is 0 Å². The second-order valence-corrected chi connectivity index (χ2v) is 10.2. The molecule has 0 spiro atoms. The summed E-state index contributed by atoms with van der Waals surface area (Å²) < 4.78 is 27.0. The molecule has 0 unspecified atom stereocenters. The normalized spacial score (nSPS) is 15.6. The van der Waals surface area contributed by atoms with Crippen LogP contribution in [0, 0.1) is 12.8 Å². The molecule has 32 heavy (non-hydrogen) atoms. The zero-order valence-electron chi connectivity index (χ0n) is 18.7. The molecular formula is C24H33ClN2O4S. The monoisotopic (exact) mass is 480 g/mol. The van der Waals surface area contributed by atoms with Gasteiger partial charge in [0.05, 0.1) is 10.6 Å². The van der Waals surface area contributed by atoms with Crippen LogP contribution in [0.5, 0.6) is 0 Å². The minimum absolute atomic E-state index is 0. The highest BCUT2D eigenvalue weighted by Gasteiger charge is 2.33. The quantitative estimate of drug-likeness (QED) is 0.503. The molecule has 1 amide bonds. The van der Waals surface area contributed by atoms with Crippen molar-refractivity contribution in [3.63, 3.8) is 0 Å². The predicted octanol–water partition coefficient (Wildman–Crippen LogP) is 5.74. The first-order valence-electron chi connectivity index (χ1n) is 11.0. The number of carboxylic acid groups (broad SMARTS) is 1. The maximum absolute atomic E-state index is 13.3. The summed E-state index contributed by atoms with van der Waals surface area (Å²) in [6.45, 7) is 4.20. The number of hydrogen-bond donors (Lipinski definition) is 2. The van der Waals surface area contributed by atoms with Crippen LogP contribution in [0.4, 0.5) is 10.5 Å². The smallest absolute Gasteiger partial charge is 0.426 e. The molecule has 176 valence electrons. The van der Waals surface area contributed by atoms with Crippen LogP contribution in [0.3, 0.4) is 0 Å². The Balaban J connectivity index is 0.00000363. The van der Waals surface area contributed by atoms with Crippen molar-refractivity contribution in [2.24, 2.45) is 5.92 Å². The van der Waals surface area contributed by atoms with Gasteiger partial charge >= 0.3 is 6.09 Å². The van der Waals surface area contributed by atoms with Gasteiger partial charge in [-0.3, -0.25) is 0 Å². The van der Waals surface area contributed by atoms with Crippen LogP contribution < -0.4 is 9.62 Å². The van der Waals surface area contributed by atoms with E-state index in [4.69, 9.17) is 0 Å². The van der Waals surface area contributed by atoms with E-state index in [0.29, 0.717) is 22.0 Å². The first-order valence-corrected chi connectivity index (χ1v) is 12.4. The molecule has 0 bridgehead atoms. The largest absolute Gasteiger partial charge is 0.464 e. The molecule has 1 saturated carbocycles. The summed E-state index contributed by atoms with van der Waals surface area (Å²) in [5, 5.41) is 13.3. The van der Waals surface area contributed by atoms with Crippen molar-refractivity contribution in [1.29, 1.82) is 0 Å². The number of benzene rings is 2. The van der Waals surface area contributed by atoms with E-state index in [9.17, 15) is 18.3 Å². The Morgan fingerprint density at radius 3 is 2.38 bits per heavy atom. The Morgan fingerprint density at radius 2 is 1.72 bits per heavy atom. The Hall–Kier alpha value is -2.09. The van der Waals surface area contributed by atoms with Crippen LogP contribution in [0.25, 0.3) is 0 Å². The molecule has 3 rings (SSSR count). The summed E-state index contributed by atoms with van der Waals surface area (Å²) in [4.78, 5) is 12.1. The fraction of sp³-hybridized carbons (Fsp3) is 0.458. The Bertz CT molecular complexity index is 1010. The number of anilines is 1. The highest BCUT2D eigenvalue weighted by Crippen LogP contribution is 2.30. The van der Waals surface area contributed by atoms with E-state index in [1.54, 1.807) is 49.4 Å². The van der Waals surface area contributed by atoms with Crippen molar-refractivity contribution in [1.82, 2.24) is 5.32 Å². The van der Waals surface area contributed by atoms with Crippen molar-refractivity contribution < 1.29 is 18.3 Å². The molecule has 2 N–H and O–H groups in total. The SMILES string of the molecule is Cc1ccccc1S(=O)(=O)N(C(=O)O)c1ccccc1CN[C@@H](C)CC1CCCCC1.Cl. The van der Waals surface area contributed by atoms with E-state index in [2.05, 4.69) is 12.2 Å². The number of sulfonamides is 1. The third kappa shape index (κ3) is 6.24. The maximum Gasteiger partial charge on any atom is 0.426 e. The molecule has 1 fully saturated rings. The highest BCUT2D eigenvalue weighted by atomic mass is 35.5. The minimum Gasteiger partial charge on any atom is -0.464 e. The molecule has 0 heterocycles.